The van der Waals surface area contributed by atoms with Crippen LogP contribution in [0.1, 0.15) is 24.3 Å². The van der Waals surface area contributed by atoms with Crippen molar-refractivity contribution in [3.05, 3.63) is 42.3 Å². The number of aromatic amines is 1. The van der Waals surface area contributed by atoms with Gasteiger partial charge in [-0.25, -0.2) is 4.98 Å². The van der Waals surface area contributed by atoms with Gasteiger partial charge in [-0.15, -0.1) is 0 Å². The summed E-state index contributed by atoms with van der Waals surface area (Å²) in [6.45, 7) is 2.21. The largest absolute Gasteiger partial charge is 0.463 e. The molecule has 3 aromatic heterocycles. The van der Waals surface area contributed by atoms with Crippen molar-refractivity contribution >= 4 is 11.0 Å². The fraction of sp³-hybridized carbons (Fsp3) is 0.312. The van der Waals surface area contributed by atoms with Crippen molar-refractivity contribution in [2.75, 3.05) is 13.1 Å². The number of piperidine rings is 1. The fourth-order valence-electron chi connectivity index (χ4n) is 3.06. The van der Waals surface area contributed by atoms with Crippen LogP contribution in [0.25, 0.3) is 22.5 Å². The van der Waals surface area contributed by atoms with Gasteiger partial charge in [-0.3, -0.25) is 0 Å². The van der Waals surface area contributed by atoms with Gasteiger partial charge in [-0.2, -0.15) is 0 Å². The van der Waals surface area contributed by atoms with Gasteiger partial charge >= 0.3 is 0 Å². The number of furan rings is 1. The Kier molecular flexibility index (Phi) is 2.81. The van der Waals surface area contributed by atoms with Crippen molar-refractivity contribution < 1.29 is 4.42 Å². The first-order valence-electron chi connectivity index (χ1n) is 7.14. The summed E-state index contributed by atoms with van der Waals surface area (Å²) < 4.78 is 5.41. The molecule has 20 heavy (non-hydrogen) atoms. The van der Waals surface area contributed by atoms with Crippen LogP contribution in [-0.2, 0) is 0 Å². The molecule has 4 heterocycles. The third kappa shape index (κ3) is 1.93. The highest BCUT2D eigenvalue weighted by molar-refractivity contribution is 5.82. The first kappa shape index (κ1) is 11.7. The van der Waals surface area contributed by atoms with E-state index in [0.717, 1.165) is 30.2 Å². The number of hydrogen-bond acceptors (Lipinski definition) is 3. The molecule has 0 aromatic carbocycles. The summed E-state index contributed by atoms with van der Waals surface area (Å²) in [6.07, 6.45) is 6.20. The average Bonchev–Trinajstić information content (AvgIpc) is 3.17. The van der Waals surface area contributed by atoms with Crippen molar-refractivity contribution in [1.82, 2.24) is 15.3 Å². The maximum Gasteiger partial charge on any atom is 0.152 e. The molecule has 0 bridgehead atoms. The standard InChI is InChI=1S/C16H17N3O/c1-2-15(20-9-1)14-4-3-12-13(10-18-16(12)19-14)11-5-7-17-8-6-11/h1-4,9-11,17H,5-8H2,(H,18,19). The minimum Gasteiger partial charge on any atom is -0.463 e. The summed E-state index contributed by atoms with van der Waals surface area (Å²) in [6, 6.07) is 8.02. The molecule has 1 fully saturated rings. The quantitative estimate of drug-likeness (QED) is 0.749. The van der Waals surface area contributed by atoms with Crippen molar-refractivity contribution in [3.63, 3.8) is 0 Å². The first-order valence-corrected chi connectivity index (χ1v) is 7.14. The molecule has 4 nitrogen and oxygen atoms in total. The molecule has 3 aromatic rings. The minimum absolute atomic E-state index is 0.640. The van der Waals surface area contributed by atoms with E-state index in [-0.39, 0.29) is 0 Å². The Hall–Kier alpha value is -2.07. The highest BCUT2D eigenvalue weighted by Gasteiger charge is 2.19. The second kappa shape index (κ2) is 4.80. The molecule has 4 rings (SSSR count). The smallest absolute Gasteiger partial charge is 0.152 e. The highest BCUT2D eigenvalue weighted by Crippen LogP contribution is 2.32. The molecule has 0 atom stereocenters. The van der Waals surface area contributed by atoms with Crippen LogP contribution in [0.15, 0.2) is 41.1 Å². The average molecular weight is 267 g/mol. The summed E-state index contributed by atoms with van der Waals surface area (Å²) >= 11 is 0. The number of fused-ring (bicyclic) bond motifs is 1. The van der Waals surface area contributed by atoms with Gasteiger partial charge in [0.1, 0.15) is 11.3 Å². The normalized spacial score (nSPS) is 16.8. The van der Waals surface area contributed by atoms with E-state index >= 15 is 0 Å². The SMILES string of the molecule is c1coc(-c2ccc3c(C4CCNCC4)c[nH]c3n2)c1. The van der Waals surface area contributed by atoms with Crippen LogP contribution in [-0.4, -0.2) is 23.1 Å². The van der Waals surface area contributed by atoms with E-state index < -0.39 is 0 Å². The van der Waals surface area contributed by atoms with E-state index in [2.05, 4.69) is 27.5 Å². The molecular weight excluding hydrogens is 250 g/mol. The first-order chi connectivity index (χ1) is 9.92. The van der Waals surface area contributed by atoms with E-state index in [1.807, 2.05) is 18.2 Å². The van der Waals surface area contributed by atoms with Crippen LogP contribution < -0.4 is 5.32 Å². The zero-order valence-corrected chi connectivity index (χ0v) is 11.2. The van der Waals surface area contributed by atoms with Crippen molar-refractivity contribution in [2.45, 2.75) is 18.8 Å². The van der Waals surface area contributed by atoms with Crippen LogP contribution >= 0.6 is 0 Å². The van der Waals surface area contributed by atoms with Crippen LogP contribution in [0.5, 0.6) is 0 Å². The molecule has 0 saturated carbocycles. The summed E-state index contributed by atoms with van der Waals surface area (Å²) in [5, 5.41) is 4.66. The molecule has 102 valence electrons. The zero-order valence-electron chi connectivity index (χ0n) is 11.2. The number of nitrogens with one attached hydrogen (secondary N) is 2. The summed E-state index contributed by atoms with van der Waals surface area (Å²) in [4.78, 5) is 7.98. The molecule has 0 radical (unpaired) electrons. The Balaban J connectivity index is 1.74. The Morgan fingerprint density at radius 1 is 1.15 bits per heavy atom. The number of rotatable bonds is 2. The maximum atomic E-state index is 5.41. The van der Waals surface area contributed by atoms with Crippen molar-refractivity contribution in [2.24, 2.45) is 0 Å². The fourth-order valence-corrected chi connectivity index (χ4v) is 3.06. The number of hydrogen-bond donors (Lipinski definition) is 2. The van der Waals surface area contributed by atoms with E-state index in [1.54, 1.807) is 6.26 Å². The number of pyridine rings is 1. The minimum atomic E-state index is 0.640. The molecule has 0 aliphatic carbocycles. The maximum absolute atomic E-state index is 5.41. The molecule has 4 heteroatoms. The molecule has 0 amide bonds. The van der Waals surface area contributed by atoms with Crippen LogP contribution in [0, 0.1) is 0 Å². The number of aromatic nitrogens is 2. The molecule has 1 saturated heterocycles. The summed E-state index contributed by atoms with van der Waals surface area (Å²) in [7, 11) is 0. The predicted molar refractivity (Wildman–Crippen MR) is 78.6 cm³/mol. The van der Waals surface area contributed by atoms with Gasteiger partial charge in [0.25, 0.3) is 0 Å². The van der Waals surface area contributed by atoms with Gasteiger partial charge in [0, 0.05) is 11.6 Å². The van der Waals surface area contributed by atoms with Crippen LogP contribution in [0.3, 0.4) is 0 Å². The number of nitrogens with zero attached hydrogens (tertiary/aromatic N) is 1. The monoisotopic (exact) mass is 267 g/mol. The van der Waals surface area contributed by atoms with E-state index in [4.69, 9.17) is 4.42 Å². The van der Waals surface area contributed by atoms with Gasteiger partial charge < -0.3 is 14.7 Å². The lowest BCUT2D eigenvalue weighted by Crippen LogP contribution is -2.26. The summed E-state index contributed by atoms with van der Waals surface area (Å²) in [5.41, 5.74) is 3.23. The van der Waals surface area contributed by atoms with Crippen molar-refractivity contribution in [3.8, 4) is 11.5 Å². The molecule has 0 spiro atoms. The number of H-pyrrole nitrogens is 1. The lowest BCUT2D eigenvalue weighted by molar-refractivity contribution is 0.462. The van der Waals surface area contributed by atoms with Gasteiger partial charge in [0.2, 0.25) is 0 Å². The molecular formula is C16H17N3O. The lowest BCUT2D eigenvalue weighted by Gasteiger charge is -2.22. The van der Waals surface area contributed by atoms with Gasteiger partial charge in [0.05, 0.1) is 6.26 Å². The summed E-state index contributed by atoms with van der Waals surface area (Å²) in [5.74, 6) is 1.45. The molecule has 2 N–H and O–H groups in total. The second-order valence-electron chi connectivity index (χ2n) is 5.34. The van der Waals surface area contributed by atoms with E-state index in [0.29, 0.717) is 5.92 Å². The second-order valence-corrected chi connectivity index (χ2v) is 5.34. The van der Waals surface area contributed by atoms with Crippen LogP contribution in [0.4, 0.5) is 0 Å². The zero-order chi connectivity index (χ0) is 13.4. The lowest BCUT2D eigenvalue weighted by atomic mass is 9.90. The van der Waals surface area contributed by atoms with Crippen molar-refractivity contribution in [1.29, 1.82) is 0 Å². The van der Waals surface area contributed by atoms with Crippen LogP contribution in [0.2, 0.25) is 0 Å². The van der Waals surface area contributed by atoms with E-state index in [1.165, 1.54) is 23.8 Å². The highest BCUT2D eigenvalue weighted by atomic mass is 16.3. The third-order valence-electron chi connectivity index (χ3n) is 4.12. The molecule has 1 aliphatic heterocycles. The van der Waals surface area contributed by atoms with E-state index in [9.17, 15) is 0 Å². The third-order valence-corrected chi connectivity index (χ3v) is 4.12. The Morgan fingerprint density at radius 3 is 2.85 bits per heavy atom. The molecule has 1 aliphatic rings. The Bertz CT molecular complexity index is 708. The Morgan fingerprint density at radius 2 is 2.05 bits per heavy atom. The molecule has 0 unspecified atom stereocenters. The predicted octanol–water partition coefficient (Wildman–Crippen LogP) is 3.29. The Labute approximate surface area is 117 Å². The van der Waals surface area contributed by atoms with Gasteiger partial charge in [-0.05, 0) is 61.7 Å². The topological polar surface area (TPSA) is 53.9 Å². The van der Waals surface area contributed by atoms with Gasteiger partial charge in [-0.1, -0.05) is 0 Å². The van der Waals surface area contributed by atoms with Gasteiger partial charge in [0.15, 0.2) is 5.76 Å².